The lowest BCUT2D eigenvalue weighted by Crippen LogP contribution is -2.15. The van der Waals surface area contributed by atoms with Crippen molar-refractivity contribution in [2.24, 2.45) is 0 Å². The summed E-state index contributed by atoms with van der Waals surface area (Å²) in [5, 5.41) is 0. The Morgan fingerprint density at radius 3 is 2.25 bits per heavy atom. The summed E-state index contributed by atoms with van der Waals surface area (Å²) in [4.78, 5) is 13.0. The van der Waals surface area contributed by atoms with Gasteiger partial charge in [-0.3, -0.25) is 9.78 Å². The molecule has 0 fully saturated rings. The van der Waals surface area contributed by atoms with Crippen molar-refractivity contribution in [1.82, 2.24) is 4.98 Å². The second-order valence-corrected chi connectivity index (χ2v) is 2.70. The number of hydrogen-bond donors (Lipinski definition) is 0. The molecule has 0 saturated heterocycles. The molecule has 1 aromatic heterocycles. The summed E-state index contributed by atoms with van der Waals surface area (Å²) in [5.41, 5.74) is -4.81. The molecule has 2 nitrogen and oxygen atoms in total. The lowest BCUT2D eigenvalue weighted by atomic mass is 10.1. The summed E-state index contributed by atoms with van der Waals surface area (Å²) in [6.07, 6.45) is -8.83. The lowest BCUT2D eigenvalue weighted by molar-refractivity contribution is -0.140. The van der Waals surface area contributed by atoms with Crippen LogP contribution in [0.5, 0.6) is 0 Å². The van der Waals surface area contributed by atoms with Crippen molar-refractivity contribution in [3.8, 4) is 0 Å². The van der Waals surface area contributed by atoms with E-state index in [2.05, 4.69) is 4.98 Å². The predicted octanol–water partition coefficient (Wildman–Crippen LogP) is 2.99. The Kier molecular flexibility index (Phi) is 3.20. The first-order valence-corrected chi connectivity index (χ1v) is 3.78. The Morgan fingerprint density at radius 1 is 1.31 bits per heavy atom. The van der Waals surface area contributed by atoms with Gasteiger partial charge in [-0.05, 0) is 0 Å². The van der Waals surface area contributed by atoms with Gasteiger partial charge in [-0.2, -0.15) is 13.2 Å². The largest absolute Gasteiger partial charge is 0.421 e. The van der Waals surface area contributed by atoms with Gasteiger partial charge < -0.3 is 0 Å². The molecule has 0 aliphatic carbocycles. The highest BCUT2D eigenvalue weighted by atomic mass is 19.4. The Hall–Kier alpha value is -1.60. The van der Waals surface area contributed by atoms with E-state index in [1.54, 1.807) is 0 Å². The van der Waals surface area contributed by atoms with Crippen molar-refractivity contribution in [2.45, 2.75) is 12.6 Å². The minimum atomic E-state index is -5.25. The lowest BCUT2D eigenvalue weighted by Gasteiger charge is -2.12. The summed E-state index contributed by atoms with van der Waals surface area (Å²) < 4.78 is 74.0. The molecule has 0 aromatic carbocycles. The zero-order chi connectivity index (χ0) is 12.5. The second kappa shape index (κ2) is 4.11. The van der Waals surface area contributed by atoms with E-state index in [1.807, 2.05) is 0 Å². The molecule has 1 rings (SSSR count). The third-order valence-corrected chi connectivity index (χ3v) is 1.70. The molecule has 1 heterocycles. The van der Waals surface area contributed by atoms with Gasteiger partial charge in [-0.25, -0.2) is 13.2 Å². The fourth-order valence-electron chi connectivity index (χ4n) is 1.03. The fraction of sp³-hybridized carbons (Fsp3) is 0.250. The molecule has 0 bridgehead atoms. The van der Waals surface area contributed by atoms with Gasteiger partial charge in [0.15, 0.2) is 6.29 Å². The van der Waals surface area contributed by atoms with Crippen molar-refractivity contribution in [3.05, 3.63) is 28.8 Å². The molecule has 0 radical (unpaired) electrons. The molecule has 0 unspecified atom stereocenters. The Morgan fingerprint density at radius 2 is 1.88 bits per heavy atom. The SMILES string of the molecule is O=Cc1ncc(C(F)F)c(F)c1C(F)(F)F. The number of pyridine rings is 1. The molecule has 0 N–H and O–H groups in total. The highest BCUT2D eigenvalue weighted by molar-refractivity contribution is 5.74. The van der Waals surface area contributed by atoms with E-state index >= 15 is 0 Å². The van der Waals surface area contributed by atoms with Gasteiger partial charge in [0.2, 0.25) is 0 Å². The van der Waals surface area contributed by atoms with Crippen LogP contribution in [0.25, 0.3) is 0 Å². The standard InChI is InChI=1S/C8H3F6NO/c9-6-3(7(10)11)1-15-4(2-16)5(6)8(12,13)14/h1-2,7H. The number of nitrogens with zero attached hydrogens (tertiary/aromatic N) is 1. The number of aromatic nitrogens is 1. The van der Waals surface area contributed by atoms with Gasteiger partial charge in [0.1, 0.15) is 17.1 Å². The maximum absolute atomic E-state index is 13.1. The summed E-state index contributed by atoms with van der Waals surface area (Å²) >= 11 is 0. The second-order valence-electron chi connectivity index (χ2n) is 2.70. The van der Waals surface area contributed by atoms with Gasteiger partial charge in [0, 0.05) is 6.20 Å². The van der Waals surface area contributed by atoms with Crippen LogP contribution < -0.4 is 0 Å². The van der Waals surface area contributed by atoms with Crippen molar-refractivity contribution in [2.75, 3.05) is 0 Å². The molecule has 0 amide bonds. The molecular formula is C8H3F6NO. The van der Waals surface area contributed by atoms with Crippen molar-refractivity contribution in [3.63, 3.8) is 0 Å². The van der Waals surface area contributed by atoms with E-state index in [0.29, 0.717) is 0 Å². The van der Waals surface area contributed by atoms with Crippen LogP contribution in [0, 0.1) is 5.82 Å². The number of hydrogen-bond acceptors (Lipinski definition) is 2. The molecule has 0 spiro atoms. The molecule has 1 aromatic rings. The highest BCUT2D eigenvalue weighted by Gasteiger charge is 2.39. The van der Waals surface area contributed by atoms with Crippen molar-refractivity contribution < 1.29 is 31.1 Å². The zero-order valence-electron chi connectivity index (χ0n) is 7.36. The number of halogens is 6. The van der Waals surface area contributed by atoms with Crippen LogP contribution in [-0.2, 0) is 6.18 Å². The molecule has 88 valence electrons. The van der Waals surface area contributed by atoms with E-state index in [-0.39, 0.29) is 12.5 Å². The van der Waals surface area contributed by atoms with Crippen LogP contribution in [0.15, 0.2) is 6.20 Å². The number of alkyl halides is 5. The van der Waals surface area contributed by atoms with Crippen molar-refractivity contribution in [1.29, 1.82) is 0 Å². The van der Waals surface area contributed by atoms with Crippen LogP contribution in [0.4, 0.5) is 26.3 Å². The first-order valence-electron chi connectivity index (χ1n) is 3.78. The monoisotopic (exact) mass is 243 g/mol. The molecule has 0 aliphatic rings. The van der Waals surface area contributed by atoms with E-state index in [9.17, 15) is 31.1 Å². The number of carbonyl (C=O) groups is 1. The van der Waals surface area contributed by atoms with Gasteiger partial charge >= 0.3 is 6.18 Å². The molecule has 16 heavy (non-hydrogen) atoms. The highest BCUT2D eigenvalue weighted by Crippen LogP contribution is 2.36. The first kappa shape index (κ1) is 12.5. The Bertz CT molecular complexity index is 414. The summed E-state index contributed by atoms with van der Waals surface area (Å²) in [6.45, 7) is 0. The number of carbonyl (C=O) groups excluding carboxylic acids is 1. The molecule has 0 aliphatic heterocycles. The molecule has 8 heteroatoms. The Balaban J connectivity index is 3.53. The van der Waals surface area contributed by atoms with Gasteiger partial charge in [0.25, 0.3) is 6.43 Å². The number of rotatable bonds is 2. The van der Waals surface area contributed by atoms with Crippen LogP contribution in [0.3, 0.4) is 0 Å². The van der Waals surface area contributed by atoms with Gasteiger partial charge in [-0.15, -0.1) is 0 Å². The maximum Gasteiger partial charge on any atom is 0.421 e. The smallest absolute Gasteiger partial charge is 0.296 e. The average molecular weight is 243 g/mol. The van der Waals surface area contributed by atoms with E-state index < -0.39 is 35.2 Å². The van der Waals surface area contributed by atoms with Gasteiger partial charge in [0.05, 0.1) is 5.56 Å². The minimum Gasteiger partial charge on any atom is -0.296 e. The fourth-order valence-corrected chi connectivity index (χ4v) is 1.03. The van der Waals surface area contributed by atoms with E-state index in [0.717, 1.165) is 0 Å². The summed E-state index contributed by atoms with van der Waals surface area (Å²) in [6, 6.07) is 0. The van der Waals surface area contributed by atoms with Crippen molar-refractivity contribution >= 4 is 6.29 Å². The Labute approximate surface area is 84.9 Å². The molecule has 0 atom stereocenters. The maximum atomic E-state index is 13.1. The molecular weight excluding hydrogens is 240 g/mol. The van der Waals surface area contributed by atoms with Crippen LogP contribution in [0.1, 0.15) is 28.0 Å². The van der Waals surface area contributed by atoms with Crippen LogP contribution in [0.2, 0.25) is 0 Å². The quantitative estimate of drug-likeness (QED) is 0.590. The minimum absolute atomic E-state index is 0.207. The van der Waals surface area contributed by atoms with E-state index in [1.165, 1.54) is 0 Å². The number of aldehydes is 1. The van der Waals surface area contributed by atoms with Crippen LogP contribution >= 0.6 is 0 Å². The third-order valence-electron chi connectivity index (χ3n) is 1.70. The average Bonchev–Trinajstić information content (AvgIpc) is 2.14. The van der Waals surface area contributed by atoms with Crippen LogP contribution in [-0.4, -0.2) is 11.3 Å². The topological polar surface area (TPSA) is 30.0 Å². The third kappa shape index (κ3) is 2.15. The van der Waals surface area contributed by atoms with E-state index in [4.69, 9.17) is 0 Å². The van der Waals surface area contributed by atoms with Gasteiger partial charge in [-0.1, -0.05) is 0 Å². The first-order chi connectivity index (χ1) is 7.29. The zero-order valence-corrected chi connectivity index (χ0v) is 7.36. The normalized spacial score (nSPS) is 11.9. The summed E-state index contributed by atoms with van der Waals surface area (Å²) in [5.74, 6) is -2.17. The summed E-state index contributed by atoms with van der Waals surface area (Å²) in [7, 11) is 0. The molecule has 0 saturated carbocycles. The predicted molar refractivity (Wildman–Crippen MR) is 39.5 cm³/mol.